The Labute approximate surface area is 427 Å². The van der Waals surface area contributed by atoms with E-state index in [9.17, 15) is 19.4 Å². The molecule has 0 heterocycles. The Kier molecular flexibility index (Phi) is 49.3. The molecule has 0 aliphatic rings. The zero-order chi connectivity index (χ0) is 50.6. The van der Waals surface area contributed by atoms with Crippen molar-refractivity contribution in [2.24, 2.45) is 0 Å². The smallest absolute Gasteiger partial charge is 0.268 e. The van der Waals surface area contributed by atoms with Crippen molar-refractivity contribution >= 4 is 13.7 Å². The first-order chi connectivity index (χ1) is 33.5. The maximum Gasteiger partial charge on any atom is 0.268 e. The van der Waals surface area contributed by atoms with E-state index in [-0.39, 0.29) is 19.1 Å². The van der Waals surface area contributed by atoms with E-state index >= 15 is 0 Å². The molecular weight excluding hydrogens is 876 g/mol. The summed E-state index contributed by atoms with van der Waals surface area (Å²) < 4.78 is 23.4. The molecule has 8 nitrogen and oxygen atoms in total. The number of carbonyl (C=O) groups is 1. The number of hydrogen-bond acceptors (Lipinski definition) is 6. The maximum absolute atomic E-state index is 13.0. The van der Waals surface area contributed by atoms with Gasteiger partial charge in [-0.15, -0.1) is 0 Å². The molecule has 0 fully saturated rings. The van der Waals surface area contributed by atoms with Crippen LogP contribution in [0.25, 0.3) is 0 Å². The van der Waals surface area contributed by atoms with Crippen LogP contribution in [-0.4, -0.2) is 68.5 Å². The zero-order valence-corrected chi connectivity index (χ0v) is 46.6. The van der Waals surface area contributed by atoms with Crippen LogP contribution in [0, 0.1) is 0 Å². The predicted molar refractivity (Wildman–Crippen MR) is 297 cm³/mol. The van der Waals surface area contributed by atoms with Gasteiger partial charge in [0, 0.05) is 6.42 Å². The van der Waals surface area contributed by atoms with Gasteiger partial charge in [-0.25, -0.2) is 0 Å². The van der Waals surface area contributed by atoms with E-state index in [0.29, 0.717) is 23.9 Å². The summed E-state index contributed by atoms with van der Waals surface area (Å²) in [6.45, 7) is 4.61. The summed E-state index contributed by atoms with van der Waals surface area (Å²) in [6.07, 6.45) is 69.2. The van der Waals surface area contributed by atoms with Crippen molar-refractivity contribution in [2.45, 2.75) is 264 Å². The lowest BCUT2D eigenvalue weighted by Crippen LogP contribution is -2.46. The summed E-state index contributed by atoms with van der Waals surface area (Å²) in [7, 11) is 1.29. The summed E-state index contributed by atoms with van der Waals surface area (Å²) in [4.78, 5) is 25.5. The van der Waals surface area contributed by atoms with Crippen LogP contribution in [0.5, 0.6) is 0 Å². The second-order valence-electron chi connectivity index (χ2n) is 20.6. The number of aliphatic hydroxyl groups excluding tert-OH is 1. The molecule has 0 aromatic heterocycles. The van der Waals surface area contributed by atoms with Crippen LogP contribution < -0.4 is 10.2 Å². The predicted octanol–water partition coefficient (Wildman–Crippen LogP) is 16.9. The molecule has 0 aliphatic heterocycles. The van der Waals surface area contributed by atoms with Crippen molar-refractivity contribution in [3.05, 3.63) is 72.9 Å². The van der Waals surface area contributed by atoms with Crippen LogP contribution >= 0.6 is 7.82 Å². The van der Waals surface area contributed by atoms with E-state index in [1.165, 1.54) is 135 Å². The molecular formula is C60H111N2O6P. The molecule has 69 heavy (non-hydrogen) atoms. The number of phosphoric acid groups is 1. The van der Waals surface area contributed by atoms with Gasteiger partial charge in [-0.3, -0.25) is 9.36 Å². The Balaban J connectivity index is 4.24. The fourth-order valence-corrected chi connectivity index (χ4v) is 8.94. The summed E-state index contributed by atoms with van der Waals surface area (Å²) in [5.41, 5.74) is 0. The van der Waals surface area contributed by atoms with Crippen LogP contribution in [0.15, 0.2) is 72.9 Å². The molecule has 2 N–H and O–H groups in total. The molecule has 0 radical (unpaired) electrons. The highest BCUT2D eigenvalue weighted by Gasteiger charge is 2.24. The molecule has 402 valence electrons. The summed E-state index contributed by atoms with van der Waals surface area (Å²) in [6, 6.07) is -0.814. The zero-order valence-electron chi connectivity index (χ0n) is 45.8. The molecule has 0 bridgehead atoms. The maximum atomic E-state index is 13.0. The lowest BCUT2D eigenvalue weighted by Gasteiger charge is -2.30. The standard InChI is InChI=1S/C60H111N2O6P/c1-6-8-10-12-14-16-18-20-22-24-26-28-30-31-32-34-36-38-40-42-44-46-48-50-52-54-60(64)61-58(57-68-69(65,66)67-56-55-62(3,4)5)59(63)53-51-49-47-45-43-41-39-37-35-33-29-27-25-23-21-19-17-15-13-11-9-7-2/h8,10,14,16,20,22,26,28,31-32,36,38,58-59,63H,6-7,9,11-13,15,17-19,21,23-25,27,29-30,33-35,37,39-57H2,1-5H3,(H-,61,64,65,66)/b10-8-,16-14-,22-20-,28-26-,32-31-,38-36-. The van der Waals surface area contributed by atoms with Crippen molar-refractivity contribution in [3.8, 4) is 0 Å². The molecule has 0 rings (SSSR count). The Bertz CT molecular complexity index is 1350. The first-order valence-electron chi connectivity index (χ1n) is 28.8. The van der Waals surface area contributed by atoms with Gasteiger partial charge in [-0.1, -0.05) is 254 Å². The average molecular weight is 988 g/mol. The van der Waals surface area contributed by atoms with Crippen molar-refractivity contribution in [3.63, 3.8) is 0 Å². The van der Waals surface area contributed by atoms with Crippen LogP contribution in [0.4, 0.5) is 0 Å². The minimum atomic E-state index is -4.58. The molecule has 3 unspecified atom stereocenters. The van der Waals surface area contributed by atoms with Crippen molar-refractivity contribution < 1.29 is 32.9 Å². The molecule has 0 saturated heterocycles. The van der Waals surface area contributed by atoms with E-state index in [0.717, 1.165) is 89.9 Å². The largest absolute Gasteiger partial charge is 0.756 e. The lowest BCUT2D eigenvalue weighted by atomic mass is 10.0. The molecule has 1 amide bonds. The number of rotatable bonds is 52. The van der Waals surface area contributed by atoms with Gasteiger partial charge in [0.15, 0.2) is 0 Å². The van der Waals surface area contributed by atoms with Gasteiger partial charge in [0.25, 0.3) is 7.82 Å². The number of nitrogens with zero attached hydrogens (tertiary/aromatic N) is 1. The third-order valence-corrected chi connectivity index (χ3v) is 13.7. The number of unbranched alkanes of at least 4 members (excludes halogenated alkanes) is 27. The van der Waals surface area contributed by atoms with Crippen LogP contribution in [0.3, 0.4) is 0 Å². The Hall–Kier alpha value is -2.06. The quantitative estimate of drug-likeness (QED) is 0.0272. The Morgan fingerprint density at radius 3 is 1.29 bits per heavy atom. The number of allylic oxidation sites excluding steroid dienone is 12. The molecule has 9 heteroatoms. The number of amides is 1. The monoisotopic (exact) mass is 987 g/mol. The van der Waals surface area contributed by atoms with Crippen molar-refractivity contribution in [2.75, 3.05) is 40.9 Å². The SMILES string of the molecule is CC/C=C\C/C=C\C/C=C\C/C=C\C/C=C\C/C=C\CCCCCCCCC(=O)NC(COP(=O)([O-])OCC[N+](C)(C)C)C(O)CCCCCCCCCCCCCCCCCCCCCCCC. The highest BCUT2D eigenvalue weighted by molar-refractivity contribution is 7.45. The van der Waals surface area contributed by atoms with E-state index in [1.54, 1.807) is 0 Å². The Morgan fingerprint density at radius 2 is 0.884 bits per heavy atom. The van der Waals surface area contributed by atoms with Crippen LogP contribution in [0.1, 0.15) is 251 Å². The Morgan fingerprint density at radius 1 is 0.522 bits per heavy atom. The summed E-state index contributed by atoms with van der Waals surface area (Å²) in [5.74, 6) is -0.180. The number of likely N-dealkylation sites (N-methyl/N-ethyl adjacent to an activating group) is 1. The first kappa shape index (κ1) is 66.9. The number of aliphatic hydroxyl groups is 1. The summed E-state index contributed by atoms with van der Waals surface area (Å²) >= 11 is 0. The van der Waals surface area contributed by atoms with Gasteiger partial charge in [0.2, 0.25) is 5.91 Å². The third-order valence-electron chi connectivity index (χ3n) is 12.7. The second-order valence-corrected chi connectivity index (χ2v) is 22.0. The molecule has 0 saturated carbocycles. The number of nitrogens with one attached hydrogen (secondary N) is 1. The number of hydrogen-bond donors (Lipinski definition) is 2. The highest BCUT2D eigenvalue weighted by Crippen LogP contribution is 2.38. The minimum absolute atomic E-state index is 0.00579. The van der Waals surface area contributed by atoms with Gasteiger partial charge in [0.05, 0.1) is 39.9 Å². The number of phosphoric ester groups is 1. The summed E-state index contributed by atoms with van der Waals surface area (Å²) in [5, 5.41) is 14.0. The van der Waals surface area contributed by atoms with Gasteiger partial charge in [0.1, 0.15) is 13.2 Å². The van der Waals surface area contributed by atoms with Gasteiger partial charge < -0.3 is 28.8 Å². The highest BCUT2D eigenvalue weighted by atomic mass is 31.2. The normalized spacial score (nSPS) is 14.5. The topological polar surface area (TPSA) is 108 Å². The third kappa shape index (κ3) is 53.6. The molecule has 0 aromatic carbocycles. The van der Waals surface area contributed by atoms with Gasteiger partial charge >= 0.3 is 0 Å². The van der Waals surface area contributed by atoms with E-state index in [2.05, 4.69) is 92.1 Å². The molecule has 3 atom stereocenters. The number of carbonyl (C=O) groups excluding carboxylic acids is 1. The van der Waals surface area contributed by atoms with E-state index in [1.807, 2.05) is 21.1 Å². The molecule has 0 spiro atoms. The molecule has 0 aliphatic carbocycles. The van der Waals surface area contributed by atoms with Crippen molar-refractivity contribution in [1.82, 2.24) is 5.32 Å². The van der Waals surface area contributed by atoms with Gasteiger partial charge in [-0.05, 0) is 64.2 Å². The first-order valence-corrected chi connectivity index (χ1v) is 30.2. The fraction of sp³-hybridized carbons (Fsp3) is 0.783. The number of quaternary nitrogens is 1. The van der Waals surface area contributed by atoms with Crippen LogP contribution in [-0.2, 0) is 18.4 Å². The van der Waals surface area contributed by atoms with Gasteiger partial charge in [-0.2, -0.15) is 0 Å². The van der Waals surface area contributed by atoms with E-state index < -0.39 is 20.0 Å². The lowest BCUT2D eigenvalue weighted by molar-refractivity contribution is -0.870. The van der Waals surface area contributed by atoms with Crippen LogP contribution in [0.2, 0.25) is 0 Å². The molecule has 0 aromatic rings. The van der Waals surface area contributed by atoms with E-state index in [4.69, 9.17) is 9.05 Å². The second kappa shape index (κ2) is 50.9. The average Bonchev–Trinajstić information content (AvgIpc) is 3.31. The fourth-order valence-electron chi connectivity index (χ4n) is 8.22. The minimum Gasteiger partial charge on any atom is -0.756 e. The van der Waals surface area contributed by atoms with Crippen molar-refractivity contribution in [1.29, 1.82) is 0 Å².